The Hall–Kier alpha value is -5.86. The average molecular weight is 601 g/mol. The molecular weight excluding hydrogens is 569 g/mol. The zero-order chi connectivity index (χ0) is 31.5. The second-order valence-electron chi connectivity index (χ2n) is 13.0. The van der Waals surface area contributed by atoms with Gasteiger partial charge in [0.15, 0.2) is 5.82 Å². The van der Waals surface area contributed by atoms with E-state index in [4.69, 9.17) is 9.97 Å². The fraction of sp³-hybridized carbons (Fsp3) is 0.0667. The van der Waals surface area contributed by atoms with Crippen LogP contribution in [0.15, 0.2) is 158 Å². The molecule has 9 rings (SSSR count). The molecule has 1 aromatic heterocycles. The van der Waals surface area contributed by atoms with Crippen LogP contribution in [0.25, 0.3) is 77.7 Å². The van der Waals surface area contributed by atoms with Crippen molar-refractivity contribution < 1.29 is 0 Å². The Labute approximate surface area is 275 Å². The third-order valence-electron chi connectivity index (χ3n) is 9.87. The zero-order valence-electron chi connectivity index (χ0n) is 26.4. The lowest BCUT2D eigenvalue weighted by molar-refractivity contribution is 0.661. The summed E-state index contributed by atoms with van der Waals surface area (Å²) in [6.45, 7) is 4.72. The molecule has 0 unspecified atom stereocenters. The van der Waals surface area contributed by atoms with Gasteiger partial charge < -0.3 is 0 Å². The first-order valence-corrected chi connectivity index (χ1v) is 16.3. The number of benzene rings is 7. The summed E-state index contributed by atoms with van der Waals surface area (Å²) in [6.07, 6.45) is 0. The molecule has 0 radical (unpaired) electrons. The maximum Gasteiger partial charge on any atom is 0.160 e. The van der Waals surface area contributed by atoms with E-state index in [1.165, 1.54) is 54.9 Å². The van der Waals surface area contributed by atoms with Crippen molar-refractivity contribution in [3.05, 3.63) is 169 Å². The van der Waals surface area contributed by atoms with E-state index in [0.717, 1.165) is 33.9 Å². The number of nitrogens with zero attached hydrogens (tertiary/aromatic N) is 2. The maximum atomic E-state index is 5.33. The predicted octanol–water partition coefficient (Wildman–Crippen LogP) is 11.8. The summed E-state index contributed by atoms with van der Waals surface area (Å²) >= 11 is 0. The molecule has 2 heteroatoms. The molecule has 0 atom stereocenters. The van der Waals surface area contributed by atoms with Gasteiger partial charge in [-0.05, 0) is 73.1 Å². The van der Waals surface area contributed by atoms with Gasteiger partial charge in [0, 0.05) is 22.1 Å². The summed E-state index contributed by atoms with van der Waals surface area (Å²) in [4.78, 5) is 10.4. The van der Waals surface area contributed by atoms with Crippen molar-refractivity contribution in [1.29, 1.82) is 0 Å². The van der Waals surface area contributed by atoms with Crippen LogP contribution in [-0.2, 0) is 5.41 Å². The fourth-order valence-electron chi connectivity index (χ4n) is 7.52. The maximum absolute atomic E-state index is 5.33. The lowest BCUT2D eigenvalue weighted by Crippen LogP contribution is -2.14. The summed E-state index contributed by atoms with van der Waals surface area (Å²) in [5, 5.41) is 4.91. The van der Waals surface area contributed by atoms with Crippen LogP contribution in [0, 0.1) is 0 Å². The lowest BCUT2D eigenvalue weighted by atomic mass is 9.81. The molecule has 222 valence electrons. The van der Waals surface area contributed by atoms with E-state index in [2.05, 4.69) is 147 Å². The van der Waals surface area contributed by atoms with Crippen LogP contribution in [0.3, 0.4) is 0 Å². The molecule has 2 nitrogen and oxygen atoms in total. The first kappa shape index (κ1) is 27.5. The standard InChI is InChI=1S/C45H32N2/c1-45(2)38-23-13-22-35(42(38)37-26-32-19-9-10-20-33(32)27-39(37)45)36-25-24-29-14-11-12-21-34(29)43(36)41-28-40(30-15-5-3-6-16-30)46-44(47-41)31-17-7-4-8-18-31/h3-28H,1-2H3. The molecule has 7 aromatic carbocycles. The predicted molar refractivity (Wildman–Crippen MR) is 196 cm³/mol. The van der Waals surface area contributed by atoms with Crippen LogP contribution in [0.2, 0.25) is 0 Å². The van der Waals surface area contributed by atoms with E-state index in [-0.39, 0.29) is 5.41 Å². The molecule has 47 heavy (non-hydrogen) atoms. The SMILES string of the molecule is CC1(C)c2cc3ccccc3cc2-c2c(-c3ccc4ccccc4c3-c3cc(-c4ccccc4)nc(-c4ccccc4)n3)cccc21. The van der Waals surface area contributed by atoms with E-state index in [9.17, 15) is 0 Å². The third kappa shape index (κ3) is 4.40. The summed E-state index contributed by atoms with van der Waals surface area (Å²) in [7, 11) is 0. The molecule has 0 N–H and O–H groups in total. The van der Waals surface area contributed by atoms with E-state index in [1.54, 1.807) is 0 Å². The molecule has 0 spiro atoms. The van der Waals surface area contributed by atoms with Crippen LogP contribution in [0.5, 0.6) is 0 Å². The van der Waals surface area contributed by atoms with Gasteiger partial charge >= 0.3 is 0 Å². The summed E-state index contributed by atoms with van der Waals surface area (Å²) in [5.74, 6) is 0.720. The molecule has 0 saturated heterocycles. The van der Waals surface area contributed by atoms with Gasteiger partial charge in [0.05, 0.1) is 11.4 Å². The minimum atomic E-state index is -0.127. The van der Waals surface area contributed by atoms with Crippen LogP contribution in [0.4, 0.5) is 0 Å². The quantitative estimate of drug-likeness (QED) is 0.201. The van der Waals surface area contributed by atoms with E-state index in [1.807, 2.05) is 24.3 Å². The van der Waals surface area contributed by atoms with E-state index < -0.39 is 0 Å². The van der Waals surface area contributed by atoms with Gasteiger partial charge in [0.25, 0.3) is 0 Å². The molecule has 0 bridgehead atoms. The van der Waals surface area contributed by atoms with Gasteiger partial charge in [-0.1, -0.05) is 153 Å². The Morgan fingerprint density at radius 1 is 0.404 bits per heavy atom. The number of hydrogen-bond donors (Lipinski definition) is 0. The molecule has 1 aliphatic rings. The smallest absolute Gasteiger partial charge is 0.160 e. The molecule has 0 fully saturated rings. The molecule has 1 heterocycles. The highest BCUT2D eigenvalue weighted by atomic mass is 14.9. The van der Waals surface area contributed by atoms with Crippen LogP contribution >= 0.6 is 0 Å². The third-order valence-corrected chi connectivity index (χ3v) is 9.87. The number of fused-ring (bicyclic) bond motifs is 5. The van der Waals surface area contributed by atoms with Crippen molar-refractivity contribution in [2.75, 3.05) is 0 Å². The monoisotopic (exact) mass is 600 g/mol. The largest absolute Gasteiger partial charge is 0.228 e. The van der Waals surface area contributed by atoms with Gasteiger partial charge in [0.2, 0.25) is 0 Å². The summed E-state index contributed by atoms with van der Waals surface area (Å²) in [6, 6.07) is 56.5. The van der Waals surface area contributed by atoms with Crippen molar-refractivity contribution in [2.24, 2.45) is 0 Å². The fourth-order valence-corrected chi connectivity index (χ4v) is 7.52. The number of rotatable bonds is 4. The first-order valence-electron chi connectivity index (χ1n) is 16.3. The van der Waals surface area contributed by atoms with Crippen molar-refractivity contribution in [3.8, 4) is 56.2 Å². The Morgan fingerprint density at radius 3 is 1.79 bits per heavy atom. The van der Waals surface area contributed by atoms with Crippen LogP contribution in [-0.4, -0.2) is 9.97 Å². The van der Waals surface area contributed by atoms with E-state index in [0.29, 0.717) is 0 Å². The van der Waals surface area contributed by atoms with Gasteiger partial charge in [-0.25, -0.2) is 9.97 Å². The topological polar surface area (TPSA) is 25.8 Å². The second-order valence-corrected chi connectivity index (χ2v) is 13.0. The molecular formula is C45H32N2. The minimum absolute atomic E-state index is 0.127. The number of aromatic nitrogens is 2. The van der Waals surface area contributed by atoms with Gasteiger partial charge in [-0.15, -0.1) is 0 Å². The molecule has 0 amide bonds. The Kier molecular flexibility index (Phi) is 6.20. The summed E-state index contributed by atoms with van der Waals surface area (Å²) < 4.78 is 0. The highest BCUT2D eigenvalue weighted by Crippen LogP contribution is 2.54. The Balaban J connectivity index is 1.36. The number of hydrogen-bond acceptors (Lipinski definition) is 2. The van der Waals surface area contributed by atoms with Crippen LogP contribution in [0.1, 0.15) is 25.0 Å². The lowest BCUT2D eigenvalue weighted by Gasteiger charge is -2.22. The normalized spacial score (nSPS) is 13.1. The van der Waals surface area contributed by atoms with Crippen molar-refractivity contribution in [1.82, 2.24) is 9.97 Å². The molecule has 1 aliphatic carbocycles. The molecule has 8 aromatic rings. The molecule has 0 saturated carbocycles. The van der Waals surface area contributed by atoms with Gasteiger partial charge in [-0.3, -0.25) is 0 Å². The zero-order valence-corrected chi connectivity index (χ0v) is 26.4. The van der Waals surface area contributed by atoms with Crippen molar-refractivity contribution in [3.63, 3.8) is 0 Å². The molecule has 0 aliphatic heterocycles. The second kappa shape index (κ2) is 10.6. The van der Waals surface area contributed by atoms with Gasteiger partial charge in [-0.2, -0.15) is 0 Å². The highest BCUT2D eigenvalue weighted by molar-refractivity contribution is 6.07. The highest BCUT2D eigenvalue weighted by Gasteiger charge is 2.37. The Bertz CT molecular complexity index is 2420. The van der Waals surface area contributed by atoms with Crippen molar-refractivity contribution in [2.45, 2.75) is 19.3 Å². The van der Waals surface area contributed by atoms with Crippen LogP contribution < -0.4 is 0 Å². The van der Waals surface area contributed by atoms with Gasteiger partial charge in [0.1, 0.15) is 0 Å². The first-order chi connectivity index (χ1) is 23.1. The van der Waals surface area contributed by atoms with E-state index >= 15 is 0 Å². The average Bonchev–Trinajstić information content (AvgIpc) is 3.36. The summed E-state index contributed by atoms with van der Waals surface area (Å²) in [5.41, 5.74) is 12.7. The minimum Gasteiger partial charge on any atom is -0.228 e. The Morgan fingerprint density at radius 2 is 1.02 bits per heavy atom. The van der Waals surface area contributed by atoms with Crippen molar-refractivity contribution >= 4 is 21.5 Å².